The van der Waals surface area contributed by atoms with Crippen LogP contribution in [0.2, 0.25) is 5.02 Å². The minimum atomic E-state index is -0.487. The van der Waals surface area contributed by atoms with Gasteiger partial charge in [-0.1, -0.05) is 23.7 Å². The molecule has 4 rings (SSSR count). The Hall–Kier alpha value is -2.95. The van der Waals surface area contributed by atoms with Gasteiger partial charge < -0.3 is 19.1 Å². The maximum absolute atomic E-state index is 14.2. The number of methoxy groups -OCH3 is 1. The molecule has 0 spiro atoms. The highest BCUT2D eigenvalue weighted by molar-refractivity contribution is 9.10. The summed E-state index contributed by atoms with van der Waals surface area (Å²) in [5.41, 5.74) is 4.46. The van der Waals surface area contributed by atoms with Crippen LogP contribution < -0.4 is 19.8 Å². The molecule has 34 heavy (non-hydrogen) atoms. The Bertz CT molecular complexity index is 1160. The molecule has 0 aliphatic carbocycles. The summed E-state index contributed by atoms with van der Waals surface area (Å²) in [6.07, 6.45) is 2.71. The molecule has 3 aromatic rings. The zero-order chi connectivity index (χ0) is 23.9. The van der Waals surface area contributed by atoms with Crippen LogP contribution in [0.5, 0.6) is 11.5 Å². The number of benzene rings is 2. The van der Waals surface area contributed by atoms with Gasteiger partial charge in [0.05, 0.1) is 37.2 Å². The molecule has 1 aliphatic heterocycles. The summed E-state index contributed by atoms with van der Waals surface area (Å²) in [4.78, 5) is 10.0. The lowest BCUT2D eigenvalue weighted by atomic mass is 10.2. The van der Waals surface area contributed by atoms with E-state index in [1.165, 1.54) is 0 Å². The highest BCUT2D eigenvalue weighted by atomic mass is 79.9. The molecule has 1 fully saturated rings. The number of hydrazone groups is 1. The molecule has 0 radical (unpaired) electrons. The highest BCUT2D eigenvalue weighted by Gasteiger charge is 2.18. The molecule has 0 amide bonds. The molecule has 1 aromatic heterocycles. The van der Waals surface area contributed by atoms with Gasteiger partial charge in [0.25, 0.3) is 0 Å². The lowest BCUT2D eigenvalue weighted by Crippen LogP contribution is -2.37. The molecule has 0 saturated carbocycles. The van der Waals surface area contributed by atoms with E-state index in [1.807, 2.05) is 35.2 Å². The van der Waals surface area contributed by atoms with E-state index >= 15 is 0 Å². The summed E-state index contributed by atoms with van der Waals surface area (Å²) in [5.74, 6) is 1.03. The minimum Gasteiger partial charge on any atom is -0.493 e. The van der Waals surface area contributed by atoms with Crippen molar-refractivity contribution in [1.29, 1.82) is 0 Å². The first kappa shape index (κ1) is 24.2. The lowest BCUT2D eigenvalue weighted by molar-refractivity contribution is 0.122. The Kier molecular flexibility index (Phi) is 8.15. The van der Waals surface area contributed by atoms with Crippen LogP contribution in [0, 0.1) is 5.82 Å². The third-order valence-corrected chi connectivity index (χ3v) is 5.80. The zero-order valence-corrected chi connectivity index (χ0v) is 20.6. The molecular formula is C23H22BrClFN5O3. The van der Waals surface area contributed by atoms with Crippen LogP contribution in [0.4, 0.5) is 16.2 Å². The van der Waals surface area contributed by atoms with Crippen molar-refractivity contribution in [2.75, 3.05) is 43.7 Å². The van der Waals surface area contributed by atoms with Crippen LogP contribution in [-0.4, -0.2) is 49.6 Å². The number of hydrogen-bond donors (Lipinski definition) is 1. The largest absolute Gasteiger partial charge is 0.493 e. The summed E-state index contributed by atoms with van der Waals surface area (Å²) >= 11 is 9.47. The van der Waals surface area contributed by atoms with Crippen LogP contribution in [0.25, 0.3) is 0 Å². The summed E-state index contributed by atoms with van der Waals surface area (Å²) in [5, 5.41) is 4.85. The Labute approximate surface area is 209 Å². The second kappa shape index (κ2) is 11.5. The van der Waals surface area contributed by atoms with Gasteiger partial charge in [0, 0.05) is 18.1 Å². The molecule has 0 unspecified atom stereocenters. The first-order valence-electron chi connectivity index (χ1n) is 10.4. The maximum Gasteiger partial charge on any atom is 0.245 e. The number of hydrogen-bond acceptors (Lipinski definition) is 8. The minimum absolute atomic E-state index is 0.188. The highest BCUT2D eigenvalue weighted by Crippen LogP contribution is 2.37. The topological polar surface area (TPSA) is 81.1 Å². The molecule has 1 saturated heterocycles. The summed E-state index contributed by atoms with van der Waals surface area (Å²) < 4.78 is 31.6. The van der Waals surface area contributed by atoms with Gasteiger partial charge in [0.1, 0.15) is 6.61 Å². The second-order valence-corrected chi connectivity index (χ2v) is 8.57. The van der Waals surface area contributed by atoms with Gasteiger partial charge in [-0.15, -0.1) is 0 Å². The number of anilines is 2. The van der Waals surface area contributed by atoms with Crippen molar-refractivity contribution in [3.63, 3.8) is 0 Å². The first-order chi connectivity index (χ1) is 16.5. The van der Waals surface area contributed by atoms with Gasteiger partial charge in [-0.25, -0.2) is 14.8 Å². The standard InChI is InChI=1S/C23H22BrClFN5O3/c1-32-20-11-16(10-18(24)21(20)34-14-15-2-4-17(25)5-3-15)12-28-30-23-27-13-19(26)22(29-23)31-6-8-33-9-7-31/h2-5,10-13H,6-9,14H2,1H3,(H,27,29,30)/b28-12-. The monoisotopic (exact) mass is 549 g/mol. The van der Waals surface area contributed by atoms with Crippen LogP contribution >= 0.6 is 27.5 Å². The molecule has 8 nitrogen and oxygen atoms in total. The zero-order valence-electron chi connectivity index (χ0n) is 18.3. The smallest absolute Gasteiger partial charge is 0.245 e. The van der Waals surface area contributed by atoms with Gasteiger partial charge in [-0.2, -0.15) is 10.1 Å². The van der Waals surface area contributed by atoms with E-state index in [1.54, 1.807) is 19.4 Å². The van der Waals surface area contributed by atoms with Gasteiger partial charge in [-0.3, -0.25) is 0 Å². The van der Waals surface area contributed by atoms with Crippen molar-refractivity contribution in [1.82, 2.24) is 9.97 Å². The van der Waals surface area contributed by atoms with Crippen molar-refractivity contribution < 1.29 is 18.6 Å². The van der Waals surface area contributed by atoms with Crippen molar-refractivity contribution in [3.8, 4) is 11.5 Å². The average Bonchev–Trinajstić information content (AvgIpc) is 2.85. The van der Waals surface area contributed by atoms with Crippen LogP contribution in [-0.2, 0) is 11.3 Å². The molecule has 1 aliphatic rings. The van der Waals surface area contributed by atoms with E-state index in [2.05, 4.69) is 36.4 Å². The molecule has 1 N–H and O–H groups in total. The molecular weight excluding hydrogens is 529 g/mol. The van der Waals surface area contributed by atoms with E-state index < -0.39 is 5.82 Å². The van der Waals surface area contributed by atoms with Gasteiger partial charge >= 0.3 is 0 Å². The molecule has 0 bridgehead atoms. The molecule has 0 atom stereocenters. The number of morpholine rings is 1. The second-order valence-electron chi connectivity index (χ2n) is 7.28. The van der Waals surface area contributed by atoms with E-state index in [0.717, 1.165) is 17.3 Å². The fraction of sp³-hybridized carbons (Fsp3) is 0.261. The molecule has 11 heteroatoms. The summed E-state index contributed by atoms with van der Waals surface area (Å²) in [6, 6.07) is 11.1. The van der Waals surface area contributed by atoms with Crippen molar-refractivity contribution in [2.45, 2.75) is 6.61 Å². The average molecular weight is 551 g/mol. The predicted molar refractivity (Wildman–Crippen MR) is 133 cm³/mol. The van der Waals surface area contributed by atoms with Crippen LogP contribution in [0.1, 0.15) is 11.1 Å². The number of aromatic nitrogens is 2. The Morgan fingerprint density at radius 3 is 2.76 bits per heavy atom. The molecule has 2 aromatic carbocycles. The third-order valence-electron chi connectivity index (χ3n) is 4.96. The van der Waals surface area contributed by atoms with Crippen molar-refractivity contribution >= 4 is 45.5 Å². The fourth-order valence-electron chi connectivity index (χ4n) is 3.26. The Morgan fingerprint density at radius 1 is 1.26 bits per heavy atom. The number of nitrogens with one attached hydrogen (secondary N) is 1. The molecule has 178 valence electrons. The van der Waals surface area contributed by atoms with E-state index in [9.17, 15) is 4.39 Å². The number of nitrogens with zero attached hydrogens (tertiary/aromatic N) is 4. The normalized spacial score (nSPS) is 13.8. The first-order valence-corrected chi connectivity index (χ1v) is 11.6. The number of halogens is 3. The Balaban J connectivity index is 1.44. The number of ether oxygens (including phenoxy) is 3. The quantitative estimate of drug-likeness (QED) is 0.316. The van der Waals surface area contributed by atoms with Crippen LogP contribution in [0.15, 0.2) is 52.2 Å². The summed E-state index contributed by atoms with van der Waals surface area (Å²) in [6.45, 7) is 2.54. The summed E-state index contributed by atoms with van der Waals surface area (Å²) in [7, 11) is 1.57. The number of rotatable bonds is 8. The van der Waals surface area contributed by atoms with E-state index in [0.29, 0.717) is 53.9 Å². The predicted octanol–water partition coefficient (Wildman–Crippen LogP) is 4.90. The van der Waals surface area contributed by atoms with Crippen molar-refractivity contribution in [2.24, 2.45) is 5.10 Å². The van der Waals surface area contributed by atoms with Gasteiger partial charge in [0.15, 0.2) is 23.1 Å². The molecule has 2 heterocycles. The van der Waals surface area contributed by atoms with Gasteiger partial charge in [-0.05, 0) is 51.3 Å². The third kappa shape index (κ3) is 6.13. The van der Waals surface area contributed by atoms with Crippen molar-refractivity contribution in [3.05, 3.63) is 69.0 Å². The Morgan fingerprint density at radius 2 is 2.03 bits per heavy atom. The maximum atomic E-state index is 14.2. The SMILES string of the molecule is COc1cc(/C=N\Nc2ncc(F)c(N3CCOCC3)n2)cc(Br)c1OCc1ccc(Cl)cc1. The van der Waals surface area contributed by atoms with Gasteiger partial charge in [0.2, 0.25) is 5.95 Å². The van der Waals surface area contributed by atoms with E-state index in [-0.39, 0.29) is 11.8 Å². The fourth-order valence-corrected chi connectivity index (χ4v) is 3.96. The van der Waals surface area contributed by atoms with Crippen LogP contribution in [0.3, 0.4) is 0 Å². The lowest BCUT2D eigenvalue weighted by Gasteiger charge is -2.27. The van der Waals surface area contributed by atoms with E-state index in [4.69, 9.17) is 25.8 Å².